The van der Waals surface area contributed by atoms with Crippen LogP contribution in [0.4, 0.5) is 11.4 Å². The summed E-state index contributed by atoms with van der Waals surface area (Å²) in [7, 11) is 0. The Morgan fingerprint density at radius 1 is 1.50 bits per heavy atom. The zero-order valence-corrected chi connectivity index (χ0v) is 8.58. The SMILES string of the molecule is NC(=S)Nc1ccc(N)cc1Br. The summed E-state index contributed by atoms with van der Waals surface area (Å²) in [4.78, 5) is 0. The van der Waals surface area contributed by atoms with E-state index in [4.69, 9.17) is 11.5 Å². The molecule has 0 atom stereocenters. The van der Waals surface area contributed by atoms with Crippen LogP contribution < -0.4 is 16.8 Å². The minimum Gasteiger partial charge on any atom is -0.399 e. The lowest BCUT2D eigenvalue weighted by molar-refractivity contribution is 1.57. The van der Waals surface area contributed by atoms with Gasteiger partial charge in [-0.3, -0.25) is 0 Å². The van der Waals surface area contributed by atoms with Gasteiger partial charge in [0.05, 0.1) is 5.69 Å². The lowest BCUT2D eigenvalue weighted by Crippen LogP contribution is -2.19. The summed E-state index contributed by atoms with van der Waals surface area (Å²) in [5, 5.41) is 3.04. The van der Waals surface area contributed by atoms with E-state index < -0.39 is 0 Å². The maximum absolute atomic E-state index is 5.54. The van der Waals surface area contributed by atoms with Crippen molar-refractivity contribution >= 4 is 44.6 Å². The van der Waals surface area contributed by atoms with Crippen molar-refractivity contribution in [3.05, 3.63) is 22.7 Å². The Kier molecular flexibility index (Phi) is 2.88. The van der Waals surface area contributed by atoms with Crippen LogP contribution in [0.5, 0.6) is 0 Å². The number of anilines is 2. The van der Waals surface area contributed by atoms with Crippen molar-refractivity contribution in [2.45, 2.75) is 0 Å². The van der Waals surface area contributed by atoms with Gasteiger partial charge < -0.3 is 16.8 Å². The first-order valence-corrected chi connectivity index (χ1v) is 4.41. The van der Waals surface area contributed by atoms with Crippen LogP contribution in [0.1, 0.15) is 0 Å². The van der Waals surface area contributed by atoms with Gasteiger partial charge >= 0.3 is 0 Å². The monoisotopic (exact) mass is 245 g/mol. The van der Waals surface area contributed by atoms with Crippen molar-refractivity contribution in [2.75, 3.05) is 11.1 Å². The van der Waals surface area contributed by atoms with E-state index >= 15 is 0 Å². The maximum atomic E-state index is 5.54. The molecule has 0 aromatic heterocycles. The third kappa shape index (κ3) is 2.35. The quantitative estimate of drug-likeness (QED) is 0.521. The molecule has 0 saturated carbocycles. The number of nitrogens with two attached hydrogens (primary N) is 2. The Balaban J connectivity index is 2.93. The molecule has 0 bridgehead atoms. The highest BCUT2D eigenvalue weighted by Crippen LogP contribution is 2.24. The third-order valence-electron chi connectivity index (χ3n) is 1.25. The average molecular weight is 246 g/mol. The van der Waals surface area contributed by atoms with Crippen LogP contribution in [0.2, 0.25) is 0 Å². The van der Waals surface area contributed by atoms with E-state index in [1.807, 2.05) is 0 Å². The Morgan fingerprint density at radius 2 is 2.17 bits per heavy atom. The summed E-state index contributed by atoms with van der Waals surface area (Å²) < 4.78 is 0.843. The fraction of sp³-hybridized carbons (Fsp3) is 0. The molecule has 1 rings (SSSR count). The molecule has 3 nitrogen and oxygen atoms in total. The summed E-state index contributed by atoms with van der Waals surface area (Å²) in [5.41, 5.74) is 12.3. The molecular formula is C7H8BrN3S. The van der Waals surface area contributed by atoms with Gasteiger partial charge in [-0.25, -0.2) is 0 Å². The van der Waals surface area contributed by atoms with Crippen molar-refractivity contribution in [3.8, 4) is 0 Å². The van der Waals surface area contributed by atoms with E-state index in [-0.39, 0.29) is 5.11 Å². The molecule has 5 heteroatoms. The highest BCUT2D eigenvalue weighted by molar-refractivity contribution is 9.10. The van der Waals surface area contributed by atoms with Crippen LogP contribution in [0.15, 0.2) is 22.7 Å². The molecule has 0 heterocycles. The van der Waals surface area contributed by atoms with E-state index in [0.29, 0.717) is 5.69 Å². The first-order valence-electron chi connectivity index (χ1n) is 3.21. The molecule has 5 N–H and O–H groups in total. The molecule has 64 valence electrons. The number of hydrogen-bond donors (Lipinski definition) is 3. The van der Waals surface area contributed by atoms with Crippen LogP contribution in [0, 0.1) is 0 Å². The lowest BCUT2D eigenvalue weighted by Gasteiger charge is -2.06. The number of thiocarbonyl (C=S) groups is 1. The molecule has 0 radical (unpaired) electrons. The van der Waals surface area contributed by atoms with Crippen LogP contribution in [0.25, 0.3) is 0 Å². The molecular weight excluding hydrogens is 238 g/mol. The lowest BCUT2D eigenvalue weighted by atomic mass is 10.3. The Hall–Kier alpha value is -0.810. The summed E-state index contributed by atoms with van der Waals surface area (Å²) in [6, 6.07) is 5.35. The number of nitrogens with one attached hydrogen (secondary N) is 1. The molecule has 12 heavy (non-hydrogen) atoms. The van der Waals surface area contributed by atoms with Crippen molar-refractivity contribution in [3.63, 3.8) is 0 Å². The number of benzene rings is 1. The molecule has 0 aliphatic heterocycles. The van der Waals surface area contributed by atoms with Gasteiger partial charge in [0.25, 0.3) is 0 Å². The van der Waals surface area contributed by atoms with E-state index in [1.54, 1.807) is 18.2 Å². The molecule has 0 aliphatic rings. The molecule has 1 aromatic rings. The zero-order valence-electron chi connectivity index (χ0n) is 6.17. The fourth-order valence-corrected chi connectivity index (χ4v) is 1.37. The van der Waals surface area contributed by atoms with Crippen LogP contribution in [-0.2, 0) is 0 Å². The van der Waals surface area contributed by atoms with Gasteiger partial charge in [-0.05, 0) is 46.3 Å². The van der Waals surface area contributed by atoms with Crippen LogP contribution in [0.3, 0.4) is 0 Å². The second-order valence-electron chi connectivity index (χ2n) is 2.23. The zero-order chi connectivity index (χ0) is 9.14. The normalized spacial score (nSPS) is 9.42. The predicted octanol–water partition coefficient (Wildman–Crippen LogP) is 1.69. The first-order chi connectivity index (χ1) is 5.59. The average Bonchev–Trinajstić information content (AvgIpc) is 1.94. The third-order valence-corrected chi connectivity index (χ3v) is 2.01. The standard InChI is InChI=1S/C7H8BrN3S/c8-5-3-4(9)1-2-6(5)11-7(10)12/h1-3H,9H2,(H3,10,11,12). The van der Waals surface area contributed by atoms with E-state index in [0.717, 1.165) is 10.2 Å². The van der Waals surface area contributed by atoms with Gasteiger partial charge in [0.2, 0.25) is 0 Å². The Labute approximate surface area is 84.3 Å². The number of hydrogen-bond acceptors (Lipinski definition) is 2. The summed E-state index contributed by atoms with van der Waals surface area (Å²) >= 11 is 8.00. The Bertz CT molecular complexity index is 314. The minimum absolute atomic E-state index is 0.237. The Morgan fingerprint density at radius 3 is 2.67 bits per heavy atom. The van der Waals surface area contributed by atoms with Gasteiger partial charge in [-0.1, -0.05) is 0 Å². The molecule has 0 saturated heterocycles. The number of nitrogen functional groups attached to an aromatic ring is 1. The second-order valence-corrected chi connectivity index (χ2v) is 3.52. The summed E-state index contributed by atoms with van der Waals surface area (Å²) in [6.45, 7) is 0. The van der Waals surface area contributed by atoms with Crippen molar-refractivity contribution in [1.29, 1.82) is 0 Å². The summed E-state index contributed by atoms with van der Waals surface area (Å²) in [6.07, 6.45) is 0. The highest BCUT2D eigenvalue weighted by atomic mass is 79.9. The van der Waals surface area contributed by atoms with E-state index in [9.17, 15) is 0 Å². The predicted molar refractivity (Wildman–Crippen MR) is 59.0 cm³/mol. The van der Waals surface area contributed by atoms with Gasteiger partial charge in [-0.15, -0.1) is 0 Å². The fourth-order valence-electron chi connectivity index (χ4n) is 0.765. The van der Waals surface area contributed by atoms with Crippen LogP contribution >= 0.6 is 28.1 Å². The van der Waals surface area contributed by atoms with Crippen LogP contribution in [-0.4, -0.2) is 5.11 Å². The van der Waals surface area contributed by atoms with Gasteiger partial charge in [0, 0.05) is 10.2 Å². The molecule has 1 aromatic carbocycles. The molecule has 0 unspecified atom stereocenters. The molecule has 0 fully saturated rings. The van der Waals surface area contributed by atoms with Gasteiger partial charge in [0.15, 0.2) is 5.11 Å². The topological polar surface area (TPSA) is 64.1 Å². The largest absolute Gasteiger partial charge is 0.399 e. The van der Waals surface area contributed by atoms with Crippen molar-refractivity contribution < 1.29 is 0 Å². The van der Waals surface area contributed by atoms with Gasteiger partial charge in [-0.2, -0.15) is 0 Å². The first kappa shape index (κ1) is 9.28. The molecule has 0 amide bonds. The van der Waals surface area contributed by atoms with E-state index in [2.05, 4.69) is 33.5 Å². The highest BCUT2D eigenvalue weighted by Gasteiger charge is 1.99. The second kappa shape index (κ2) is 3.73. The number of halogens is 1. The number of rotatable bonds is 1. The maximum Gasteiger partial charge on any atom is 0.168 e. The molecule has 0 aliphatic carbocycles. The van der Waals surface area contributed by atoms with E-state index in [1.165, 1.54) is 0 Å². The van der Waals surface area contributed by atoms with Crippen molar-refractivity contribution in [2.24, 2.45) is 5.73 Å². The summed E-state index contributed by atoms with van der Waals surface area (Å²) in [5.74, 6) is 0. The van der Waals surface area contributed by atoms with Gasteiger partial charge in [0.1, 0.15) is 0 Å². The smallest absolute Gasteiger partial charge is 0.168 e. The molecule has 0 spiro atoms. The van der Waals surface area contributed by atoms with Crippen molar-refractivity contribution in [1.82, 2.24) is 0 Å². The minimum atomic E-state index is 0.237.